The molecule has 138 valence electrons. The maximum atomic E-state index is 12.4. The molecule has 0 spiro atoms. The van der Waals surface area contributed by atoms with Crippen molar-refractivity contribution >= 4 is 17.3 Å². The van der Waals surface area contributed by atoms with Crippen LogP contribution < -0.4 is 5.32 Å². The monoisotopic (exact) mass is 364 g/mol. The maximum absolute atomic E-state index is 12.4. The third-order valence-electron chi connectivity index (χ3n) is 5.36. The number of carbonyl (C=O) groups excluding carboxylic acids is 1. The Balaban J connectivity index is 1.75. The normalized spacial score (nSPS) is 22.5. The van der Waals surface area contributed by atoms with Crippen molar-refractivity contribution in [3.05, 3.63) is 81.4 Å². The zero-order chi connectivity index (χ0) is 19.0. The number of anilines is 1. The number of nitrogens with zero attached hydrogens (tertiary/aromatic N) is 1. The van der Waals surface area contributed by atoms with Crippen LogP contribution in [0.15, 0.2) is 54.6 Å². The summed E-state index contributed by atoms with van der Waals surface area (Å²) in [6, 6.07) is 12.3. The second kappa shape index (κ2) is 6.87. The summed E-state index contributed by atoms with van der Waals surface area (Å²) < 4.78 is 5.22. The number of esters is 1. The number of nitrogens with one attached hydrogen (secondary N) is 1. The Hall–Kier alpha value is -3.15. The van der Waals surface area contributed by atoms with Crippen LogP contribution in [0.1, 0.15) is 46.8 Å². The molecule has 0 unspecified atom stereocenters. The highest BCUT2D eigenvalue weighted by molar-refractivity contribution is 5.97. The van der Waals surface area contributed by atoms with Crippen molar-refractivity contribution in [3.63, 3.8) is 0 Å². The van der Waals surface area contributed by atoms with Crippen molar-refractivity contribution in [3.8, 4) is 0 Å². The van der Waals surface area contributed by atoms with E-state index in [0.29, 0.717) is 18.1 Å². The van der Waals surface area contributed by atoms with Crippen LogP contribution in [0, 0.1) is 16.0 Å². The van der Waals surface area contributed by atoms with Crippen molar-refractivity contribution in [1.29, 1.82) is 0 Å². The molecule has 27 heavy (non-hydrogen) atoms. The Bertz CT molecular complexity index is 920. The van der Waals surface area contributed by atoms with Gasteiger partial charge in [0.15, 0.2) is 0 Å². The number of carbonyl (C=O) groups is 1. The molecule has 1 aliphatic carbocycles. The molecule has 2 aromatic rings. The van der Waals surface area contributed by atoms with E-state index >= 15 is 0 Å². The zero-order valence-corrected chi connectivity index (χ0v) is 14.9. The smallest absolute Gasteiger partial charge is 0.340 e. The summed E-state index contributed by atoms with van der Waals surface area (Å²) in [5, 5.41) is 14.5. The van der Waals surface area contributed by atoms with Crippen molar-refractivity contribution in [1.82, 2.24) is 0 Å². The van der Waals surface area contributed by atoms with Crippen molar-refractivity contribution in [2.75, 3.05) is 11.9 Å². The van der Waals surface area contributed by atoms with Gasteiger partial charge in [0.2, 0.25) is 0 Å². The van der Waals surface area contributed by atoms with E-state index in [0.717, 1.165) is 23.2 Å². The van der Waals surface area contributed by atoms with E-state index < -0.39 is 4.92 Å². The fraction of sp³-hybridized carbons (Fsp3) is 0.286. The second-order valence-corrected chi connectivity index (χ2v) is 6.81. The van der Waals surface area contributed by atoms with Crippen LogP contribution in [0.5, 0.6) is 0 Å². The highest BCUT2D eigenvalue weighted by Gasteiger charge is 2.39. The minimum absolute atomic E-state index is 0.0334. The Morgan fingerprint density at radius 2 is 2.04 bits per heavy atom. The molecule has 0 amide bonds. The summed E-state index contributed by atoms with van der Waals surface area (Å²) in [6.07, 6.45) is 5.28. The second-order valence-electron chi connectivity index (χ2n) is 6.81. The van der Waals surface area contributed by atoms with Gasteiger partial charge in [-0.1, -0.05) is 36.4 Å². The predicted octanol–water partition coefficient (Wildman–Crippen LogP) is 4.60. The fourth-order valence-electron chi connectivity index (χ4n) is 4.13. The van der Waals surface area contributed by atoms with Gasteiger partial charge in [-0.05, 0) is 36.5 Å². The molecule has 4 rings (SSSR count). The molecule has 0 bridgehead atoms. The van der Waals surface area contributed by atoms with E-state index in [1.54, 1.807) is 25.1 Å². The number of non-ortho nitro benzene ring substituents is 1. The molecule has 0 saturated heterocycles. The number of hydrogen-bond donors (Lipinski definition) is 1. The highest BCUT2D eigenvalue weighted by Crippen LogP contribution is 2.50. The highest BCUT2D eigenvalue weighted by atomic mass is 16.6. The molecule has 2 aromatic carbocycles. The summed E-state index contributed by atoms with van der Waals surface area (Å²) in [5.74, 6) is 0.164. The number of fused-ring (bicyclic) bond motifs is 3. The zero-order valence-electron chi connectivity index (χ0n) is 14.9. The van der Waals surface area contributed by atoms with Gasteiger partial charge >= 0.3 is 5.97 Å². The molecule has 0 saturated carbocycles. The van der Waals surface area contributed by atoms with Crippen LogP contribution in [0.3, 0.4) is 0 Å². The summed E-state index contributed by atoms with van der Waals surface area (Å²) >= 11 is 0. The summed E-state index contributed by atoms with van der Waals surface area (Å²) in [5.41, 5.74) is 3.47. The first-order valence-electron chi connectivity index (χ1n) is 9.07. The third kappa shape index (κ3) is 2.97. The molecular weight excluding hydrogens is 344 g/mol. The largest absolute Gasteiger partial charge is 0.462 e. The van der Waals surface area contributed by atoms with E-state index in [9.17, 15) is 14.9 Å². The average molecular weight is 364 g/mol. The lowest BCUT2D eigenvalue weighted by Crippen LogP contribution is -2.30. The molecule has 0 radical (unpaired) electrons. The van der Waals surface area contributed by atoms with E-state index in [4.69, 9.17) is 4.74 Å². The van der Waals surface area contributed by atoms with Gasteiger partial charge in [-0.2, -0.15) is 0 Å². The van der Waals surface area contributed by atoms with Gasteiger partial charge in [0, 0.05) is 18.1 Å². The standard InChI is InChI=1S/C21H20N2O4/c1-2-27-21(24)18-8-4-7-17-15-5-3-6-16(15)19(22-20(17)18)13-9-11-14(12-10-13)23(25)26/h3-5,7-12,15-16,19,22H,2,6H2,1H3/t15-,16-,19-/m1/s1. The number of benzene rings is 2. The van der Waals surface area contributed by atoms with Crippen LogP contribution in [0.4, 0.5) is 11.4 Å². The molecule has 1 aliphatic heterocycles. The number of allylic oxidation sites excluding steroid dienone is 2. The predicted molar refractivity (Wildman–Crippen MR) is 102 cm³/mol. The first-order chi connectivity index (χ1) is 13.1. The van der Waals surface area contributed by atoms with Crippen LogP contribution in [0.25, 0.3) is 0 Å². The Morgan fingerprint density at radius 1 is 1.26 bits per heavy atom. The van der Waals surface area contributed by atoms with Gasteiger partial charge < -0.3 is 10.1 Å². The lowest BCUT2D eigenvalue weighted by molar-refractivity contribution is -0.384. The molecule has 1 heterocycles. The Morgan fingerprint density at radius 3 is 2.74 bits per heavy atom. The van der Waals surface area contributed by atoms with Gasteiger partial charge in [0.1, 0.15) is 0 Å². The first-order valence-corrected chi connectivity index (χ1v) is 9.07. The van der Waals surface area contributed by atoms with Crippen molar-refractivity contribution in [2.45, 2.75) is 25.3 Å². The molecule has 0 aromatic heterocycles. The van der Waals surface area contributed by atoms with Crippen LogP contribution in [-0.4, -0.2) is 17.5 Å². The van der Waals surface area contributed by atoms with E-state index in [1.165, 1.54) is 12.1 Å². The number of hydrogen-bond acceptors (Lipinski definition) is 5. The van der Waals surface area contributed by atoms with Crippen molar-refractivity contribution in [2.24, 2.45) is 5.92 Å². The maximum Gasteiger partial charge on any atom is 0.340 e. The van der Waals surface area contributed by atoms with Gasteiger partial charge in [0.25, 0.3) is 5.69 Å². The van der Waals surface area contributed by atoms with Crippen LogP contribution in [-0.2, 0) is 4.74 Å². The van der Waals surface area contributed by atoms with E-state index in [2.05, 4.69) is 17.5 Å². The molecule has 0 fully saturated rings. The van der Waals surface area contributed by atoms with Gasteiger partial charge in [0.05, 0.1) is 28.8 Å². The van der Waals surface area contributed by atoms with Crippen LogP contribution >= 0.6 is 0 Å². The number of para-hydroxylation sites is 1. The Labute approximate surface area is 157 Å². The molecular formula is C21H20N2O4. The van der Waals surface area contributed by atoms with Gasteiger partial charge in [-0.15, -0.1) is 0 Å². The minimum atomic E-state index is -0.397. The molecule has 1 N–H and O–H groups in total. The fourth-order valence-corrected chi connectivity index (χ4v) is 4.13. The minimum Gasteiger partial charge on any atom is -0.462 e. The van der Waals surface area contributed by atoms with Crippen molar-refractivity contribution < 1.29 is 14.5 Å². The van der Waals surface area contributed by atoms with Crippen LogP contribution in [0.2, 0.25) is 0 Å². The summed E-state index contributed by atoms with van der Waals surface area (Å²) in [6.45, 7) is 2.11. The lowest BCUT2D eigenvalue weighted by atomic mass is 9.76. The molecule has 3 atom stereocenters. The first kappa shape index (κ1) is 17.3. The van der Waals surface area contributed by atoms with Gasteiger partial charge in [-0.3, -0.25) is 10.1 Å². The molecule has 6 nitrogen and oxygen atoms in total. The third-order valence-corrected chi connectivity index (χ3v) is 5.36. The lowest BCUT2D eigenvalue weighted by Gasteiger charge is -2.38. The number of nitro groups is 1. The van der Waals surface area contributed by atoms with E-state index in [1.807, 2.05) is 12.1 Å². The number of rotatable bonds is 4. The topological polar surface area (TPSA) is 81.5 Å². The Kier molecular flexibility index (Phi) is 4.39. The molecule has 6 heteroatoms. The SMILES string of the molecule is CCOC(=O)c1cccc2c1N[C@H](c1ccc([N+](=O)[O-])cc1)[C@@H]1CC=C[C@@H]21. The summed E-state index contributed by atoms with van der Waals surface area (Å²) in [4.78, 5) is 23.0. The number of ether oxygens (including phenoxy) is 1. The quantitative estimate of drug-likeness (QED) is 0.371. The average Bonchev–Trinajstić information content (AvgIpc) is 3.17. The molecule has 2 aliphatic rings. The number of nitro benzene ring substituents is 1. The van der Waals surface area contributed by atoms with Gasteiger partial charge in [-0.25, -0.2) is 4.79 Å². The van der Waals surface area contributed by atoms with E-state index in [-0.39, 0.29) is 23.6 Å². The summed E-state index contributed by atoms with van der Waals surface area (Å²) in [7, 11) is 0.